The van der Waals surface area contributed by atoms with Gasteiger partial charge in [-0.15, -0.1) is 0 Å². The molecule has 0 aromatic heterocycles. The van der Waals surface area contributed by atoms with Crippen molar-refractivity contribution in [3.63, 3.8) is 0 Å². The Bertz CT molecular complexity index is 603. The predicted molar refractivity (Wildman–Crippen MR) is 74.6 cm³/mol. The molecule has 0 aliphatic carbocycles. The summed E-state index contributed by atoms with van der Waals surface area (Å²) in [7, 11) is -2.38. The Morgan fingerprint density at radius 3 is 2.85 bits per heavy atom. The van der Waals surface area contributed by atoms with Crippen molar-refractivity contribution in [2.75, 3.05) is 25.9 Å². The molecule has 1 heterocycles. The lowest BCUT2D eigenvalue weighted by Crippen LogP contribution is -2.34. The van der Waals surface area contributed by atoms with Crippen molar-refractivity contribution in [1.82, 2.24) is 4.31 Å². The summed E-state index contributed by atoms with van der Waals surface area (Å²) >= 11 is 5.81. The van der Waals surface area contributed by atoms with Crippen molar-refractivity contribution >= 4 is 27.3 Å². The third-order valence-corrected chi connectivity index (χ3v) is 5.51. The molecule has 0 spiro atoms. The predicted octanol–water partition coefficient (Wildman–Crippen LogP) is 1.86. The van der Waals surface area contributed by atoms with Gasteiger partial charge in [-0.3, -0.25) is 0 Å². The smallest absolute Gasteiger partial charge is 0.244 e. The number of nitrogens with two attached hydrogens (primary N) is 1. The number of ether oxygens (including phenoxy) is 1. The zero-order valence-electron chi connectivity index (χ0n) is 11.0. The van der Waals surface area contributed by atoms with Crippen LogP contribution in [0.15, 0.2) is 17.0 Å². The van der Waals surface area contributed by atoms with Crippen LogP contribution in [0.1, 0.15) is 12.8 Å². The molecule has 5 nitrogen and oxygen atoms in total. The van der Waals surface area contributed by atoms with Gasteiger partial charge in [0.05, 0.1) is 16.8 Å². The average molecular weight is 323 g/mol. The summed E-state index contributed by atoms with van der Waals surface area (Å²) in [5.74, 6) is -0.740. The molecule has 1 atom stereocenters. The number of sulfonamides is 1. The van der Waals surface area contributed by atoms with Crippen LogP contribution in [-0.4, -0.2) is 39.0 Å². The van der Waals surface area contributed by atoms with Gasteiger partial charge in [0.15, 0.2) is 0 Å². The van der Waals surface area contributed by atoms with E-state index in [1.165, 1.54) is 7.05 Å². The summed E-state index contributed by atoms with van der Waals surface area (Å²) in [6.07, 6.45) is 1.62. The van der Waals surface area contributed by atoms with Crippen LogP contribution in [0.2, 0.25) is 5.02 Å². The molecule has 2 rings (SSSR count). The van der Waals surface area contributed by atoms with Crippen LogP contribution < -0.4 is 5.73 Å². The van der Waals surface area contributed by atoms with Crippen LogP contribution in [0.25, 0.3) is 0 Å². The van der Waals surface area contributed by atoms with Crippen LogP contribution in [0.4, 0.5) is 10.1 Å². The third-order valence-electron chi connectivity index (χ3n) is 3.22. The number of anilines is 1. The number of likely N-dealkylation sites (N-methyl/N-ethyl adjacent to an activating group) is 1. The van der Waals surface area contributed by atoms with E-state index in [9.17, 15) is 12.8 Å². The van der Waals surface area contributed by atoms with Crippen molar-refractivity contribution in [1.29, 1.82) is 0 Å². The highest BCUT2D eigenvalue weighted by Gasteiger charge is 2.28. The van der Waals surface area contributed by atoms with Crippen LogP contribution in [0.5, 0.6) is 0 Å². The molecule has 20 heavy (non-hydrogen) atoms. The molecule has 0 radical (unpaired) electrons. The first kappa shape index (κ1) is 15.5. The van der Waals surface area contributed by atoms with Gasteiger partial charge in [0.25, 0.3) is 0 Å². The second kappa shape index (κ2) is 5.85. The fourth-order valence-corrected chi connectivity index (χ4v) is 3.81. The Balaban J connectivity index is 2.27. The van der Waals surface area contributed by atoms with Gasteiger partial charge in [-0.05, 0) is 25.0 Å². The quantitative estimate of drug-likeness (QED) is 0.859. The first-order valence-corrected chi connectivity index (χ1v) is 7.96. The van der Waals surface area contributed by atoms with Crippen molar-refractivity contribution < 1.29 is 17.5 Å². The molecule has 1 aliphatic rings. The van der Waals surface area contributed by atoms with E-state index in [-0.39, 0.29) is 28.3 Å². The van der Waals surface area contributed by atoms with Gasteiger partial charge in [-0.2, -0.15) is 4.31 Å². The summed E-state index contributed by atoms with van der Waals surface area (Å²) in [6, 6.07) is 1.95. The van der Waals surface area contributed by atoms with Gasteiger partial charge in [-0.1, -0.05) is 11.6 Å². The van der Waals surface area contributed by atoms with Gasteiger partial charge in [0.2, 0.25) is 10.0 Å². The van der Waals surface area contributed by atoms with Crippen LogP contribution in [0, 0.1) is 5.82 Å². The van der Waals surface area contributed by atoms with Gasteiger partial charge in [-0.25, -0.2) is 12.8 Å². The molecule has 1 aliphatic heterocycles. The number of benzene rings is 1. The molecule has 0 amide bonds. The highest BCUT2D eigenvalue weighted by atomic mass is 35.5. The van der Waals surface area contributed by atoms with E-state index in [1.54, 1.807) is 0 Å². The molecular weight excluding hydrogens is 307 g/mol. The third kappa shape index (κ3) is 3.06. The number of nitrogen functional groups attached to an aromatic ring is 1. The maximum atomic E-state index is 13.2. The van der Waals surface area contributed by atoms with E-state index in [1.807, 2.05) is 0 Å². The van der Waals surface area contributed by atoms with Crippen molar-refractivity contribution in [2.24, 2.45) is 0 Å². The fraction of sp³-hybridized carbons (Fsp3) is 0.500. The van der Waals surface area contributed by atoms with E-state index >= 15 is 0 Å². The number of hydrogen-bond donors (Lipinski definition) is 1. The molecule has 0 saturated carbocycles. The summed E-state index contributed by atoms with van der Waals surface area (Å²) in [6.45, 7) is 0.874. The molecule has 1 unspecified atom stereocenters. The number of hydrogen-bond acceptors (Lipinski definition) is 4. The van der Waals surface area contributed by atoms with Crippen molar-refractivity contribution in [2.45, 2.75) is 23.8 Å². The Morgan fingerprint density at radius 1 is 1.55 bits per heavy atom. The molecule has 1 aromatic rings. The Hall–Kier alpha value is -0.890. The molecule has 0 bridgehead atoms. The number of halogens is 2. The second-order valence-electron chi connectivity index (χ2n) is 4.72. The zero-order valence-corrected chi connectivity index (χ0v) is 12.5. The Labute approximate surface area is 122 Å². The Kier molecular flexibility index (Phi) is 4.53. The molecule has 1 fully saturated rings. The molecule has 1 saturated heterocycles. The SMILES string of the molecule is CN(CC1CCCO1)S(=O)(=O)c1cc(N)c(F)cc1Cl. The van der Waals surface area contributed by atoms with E-state index in [0.717, 1.165) is 29.3 Å². The first-order chi connectivity index (χ1) is 9.32. The van der Waals surface area contributed by atoms with E-state index in [2.05, 4.69) is 0 Å². The van der Waals surface area contributed by atoms with Crippen molar-refractivity contribution in [3.8, 4) is 0 Å². The minimum atomic E-state index is -3.82. The summed E-state index contributed by atoms with van der Waals surface area (Å²) in [5.41, 5.74) is 5.16. The molecule has 112 valence electrons. The van der Waals surface area contributed by atoms with E-state index < -0.39 is 15.8 Å². The average Bonchev–Trinajstić information content (AvgIpc) is 2.86. The lowest BCUT2D eigenvalue weighted by molar-refractivity contribution is 0.0979. The fourth-order valence-electron chi connectivity index (χ4n) is 2.08. The summed E-state index contributed by atoms with van der Waals surface area (Å²) in [4.78, 5) is -0.196. The minimum Gasteiger partial charge on any atom is -0.396 e. The first-order valence-electron chi connectivity index (χ1n) is 6.15. The topological polar surface area (TPSA) is 72.6 Å². The maximum Gasteiger partial charge on any atom is 0.244 e. The molecular formula is C12H16ClFN2O3S. The van der Waals surface area contributed by atoms with Crippen LogP contribution in [0.3, 0.4) is 0 Å². The lowest BCUT2D eigenvalue weighted by Gasteiger charge is -2.21. The number of rotatable bonds is 4. The second-order valence-corrected chi connectivity index (χ2v) is 7.15. The van der Waals surface area contributed by atoms with Gasteiger partial charge in [0, 0.05) is 20.2 Å². The normalized spacial score (nSPS) is 19.7. The largest absolute Gasteiger partial charge is 0.396 e. The zero-order chi connectivity index (χ0) is 14.9. The minimum absolute atomic E-state index is 0.119. The highest BCUT2D eigenvalue weighted by Crippen LogP contribution is 2.29. The number of nitrogens with zero attached hydrogens (tertiary/aromatic N) is 1. The van der Waals surface area contributed by atoms with Crippen LogP contribution in [-0.2, 0) is 14.8 Å². The van der Waals surface area contributed by atoms with Gasteiger partial charge in [0.1, 0.15) is 10.7 Å². The van der Waals surface area contributed by atoms with E-state index in [0.29, 0.717) is 6.61 Å². The van der Waals surface area contributed by atoms with Gasteiger partial charge >= 0.3 is 0 Å². The summed E-state index contributed by atoms with van der Waals surface area (Å²) in [5, 5.41) is -0.184. The molecule has 8 heteroatoms. The van der Waals surface area contributed by atoms with Crippen molar-refractivity contribution in [3.05, 3.63) is 23.0 Å². The van der Waals surface area contributed by atoms with Gasteiger partial charge < -0.3 is 10.5 Å². The van der Waals surface area contributed by atoms with E-state index in [4.69, 9.17) is 22.1 Å². The monoisotopic (exact) mass is 322 g/mol. The molecule has 1 aromatic carbocycles. The highest BCUT2D eigenvalue weighted by molar-refractivity contribution is 7.89. The Morgan fingerprint density at radius 2 is 2.25 bits per heavy atom. The van der Waals surface area contributed by atoms with Crippen LogP contribution >= 0.6 is 11.6 Å². The molecule has 2 N–H and O–H groups in total. The standard InChI is InChI=1S/C12H16ClFN2O3S/c1-16(7-8-3-2-4-19-8)20(17,18)12-6-11(15)10(14)5-9(12)13/h5-6,8H,2-4,7,15H2,1H3. The summed E-state index contributed by atoms with van der Waals surface area (Å²) < 4.78 is 44.6. The maximum absolute atomic E-state index is 13.2. The lowest BCUT2D eigenvalue weighted by atomic mass is 10.2.